The van der Waals surface area contributed by atoms with E-state index in [9.17, 15) is 5.11 Å². The summed E-state index contributed by atoms with van der Waals surface area (Å²) in [6.07, 6.45) is 0.268. The van der Waals surface area contributed by atoms with Crippen LogP contribution >= 0.6 is 0 Å². The summed E-state index contributed by atoms with van der Waals surface area (Å²) in [7, 11) is 0. The SMILES string of the molecule is Nc1noc([C@H]2C[C@H](O)CN2)n1. The van der Waals surface area contributed by atoms with Gasteiger partial charge in [0, 0.05) is 6.54 Å². The highest BCUT2D eigenvalue weighted by atomic mass is 16.5. The first-order valence-electron chi connectivity index (χ1n) is 3.76. The van der Waals surface area contributed by atoms with Crippen LogP contribution < -0.4 is 11.1 Å². The predicted molar refractivity (Wildman–Crippen MR) is 40.1 cm³/mol. The molecule has 2 rings (SSSR count). The minimum absolute atomic E-state index is 0.0511. The molecule has 66 valence electrons. The van der Waals surface area contributed by atoms with E-state index in [0.717, 1.165) is 0 Å². The van der Waals surface area contributed by atoms with Gasteiger partial charge in [0.15, 0.2) is 0 Å². The lowest BCUT2D eigenvalue weighted by Crippen LogP contribution is -2.15. The molecule has 6 nitrogen and oxygen atoms in total. The van der Waals surface area contributed by atoms with E-state index >= 15 is 0 Å². The molecule has 0 radical (unpaired) electrons. The van der Waals surface area contributed by atoms with Crippen LogP contribution in [0.4, 0.5) is 5.95 Å². The number of hydrogen-bond donors (Lipinski definition) is 3. The Kier molecular flexibility index (Phi) is 1.70. The van der Waals surface area contributed by atoms with Gasteiger partial charge in [0.2, 0.25) is 5.89 Å². The highest BCUT2D eigenvalue weighted by Gasteiger charge is 2.27. The number of nitrogens with zero attached hydrogens (tertiary/aromatic N) is 2. The number of aromatic nitrogens is 2. The molecule has 2 atom stereocenters. The summed E-state index contributed by atoms with van der Waals surface area (Å²) in [5, 5.41) is 15.7. The molecular weight excluding hydrogens is 160 g/mol. The highest BCUT2D eigenvalue weighted by molar-refractivity contribution is 5.12. The molecule has 0 aliphatic carbocycles. The van der Waals surface area contributed by atoms with Crippen molar-refractivity contribution in [3.05, 3.63) is 5.89 Å². The predicted octanol–water partition coefficient (Wildman–Crippen LogP) is -0.953. The minimum Gasteiger partial charge on any atom is -0.392 e. The molecule has 1 aliphatic rings. The van der Waals surface area contributed by atoms with Crippen molar-refractivity contribution in [1.82, 2.24) is 15.5 Å². The van der Waals surface area contributed by atoms with Crippen molar-refractivity contribution in [3.8, 4) is 0 Å². The molecule has 0 bridgehead atoms. The van der Waals surface area contributed by atoms with Crippen molar-refractivity contribution in [2.24, 2.45) is 0 Å². The summed E-state index contributed by atoms with van der Waals surface area (Å²) in [5.41, 5.74) is 5.27. The lowest BCUT2D eigenvalue weighted by atomic mass is 10.2. The largest absolute Gasteiger partial charge is 0.392 e. The van der Waals surface area contributed by atoms with Crippen LogP contribution in [0.3, 0.4) is 0 Å². The molecule has 0 amide bonds. The maximum atomic E-state index is 9.18. The first-order chi connectivity index (χ1) is 5.75. The number of aliphatic hydroxyl groups is 1. The topological polar surface area (TPSA) is 97.2 Å². The Morgan fingerprint density at radius 3 is 3.00 bits per heavy atom. The first-order valence-corrected chi connectivity index (χ1v) is 3.76. The molecule has 1 aliphatic heterocycles. The van der Waals surface area contributed by atoms with Crippen LogP contribution in [0.5, 0.6) is 0 Å². The van der Waals surface area contributed by atoms with Gasteiger partial charge in [-0.25, -0.2) is 0 Å². The Hall–Kier alpha value is -1.14. The van der Waals surface area contributed by atoms with E-state index < -0.39 is 0 Å². The van der Waals surface area contributed by atoms with E-state index in [1.54, 1.807) is 0 Å². The molecule has 0 unspecified atom stereocenters. The Bertz CT molecular complexity index is 274. The number of nitrogens with two attached hydrogens (primary N) is 1. The molecule has 2 heterocycles. The maximum absolute atomic E-state index is 9.18. The van der Waals surface area contributed by atoms with Gasteiger partial charge in [0.25, 0.3) is 5.95 Å². The van der Waals surface area contributed by atoms with E-state index in [1.807, 2.05) is 0 Å². The smallest absolute Gasteiger partial charge is 0.260 e. The number of anilines is 1. The summed E-state index contributed by atoms with van der Waals surface area (Å²) in [4.78, 5) is 3.85. The quantitative estimate of drug-likeness (QED) is 0.502. The van der Waals surface area contributed by atoms with E-state index in [-0.39, 0.29) is 18.1 Å². The summed E-state index contributed by atoms with van der Waals surface area (Å²) in [5.74, 6) is 0.581. The standard InChI is InChI=1S/C6H10N4O2/c7-6-9-5(12-10-6)4-1-3(11)2-8-4/h3-4,8,11H,1-2H2,(H2,7,10)/t3-,4+/m0/s1. The molecule has 0 saturated carbocycles. The Balaban J connectivity index is 2.11. The van der Waals surface area contributed by atoms with Crippen molar-refractivity contribution in [1.29, 1.82) is 0 Å². The van der Waals surface area contributed by atoms with E-state index in [2.05, 4.69) is 15.5 Å². The second-order valence-corrected chi connectivity index (χ2v) is 2.84. The summed E-state index contributed by atoms with van der Waals surface area (Å²) >= 11 is 0. The molecule has 1 aromatic rings. The van der Waals surface area contributed by atoms with Crippen LogP contribution in [0.2, 0.25) is 0 Å². The van der Waals surface area contributed by atoms with Gasteiger partial charge in [0.05, 0.1) is 12.1 Å². The monoisotopic (exact) mass is 170 g/mol. The van der Waals surface area contributed by atoms with Crippen molar-refractivity contribution in [2.45, 2.75) is 18.6 Å². The normalized spacial score (nSPS) is 29.4. The van der Waals surface area contributed by atoms with Crippen molar-refractivity contribution >= 4 is 5.95 Å². The fourth-order valence-corrected chi connectivity index (χ4v) is 1.29. The fourth-order valence-electron chi connectivity index (χ4n) is 1.29. The van der Waals surface area contributed by atoms with E-state index in [1.165, 1.54) is 0 Å². The van der Waals surface area contributed by atoms with Gasteiger partial charge >= 0.3 is 0 Å². The Morgan fingerprint density at radius 1 is 1.67 bits per heavy atom. The zero-order valence-corrected chi connectivity index (χ0v) is 6.40. The second-order valence-electron chi connectivity index (χ2n) is 2.84. The van der Waals surface area contributed by atoms with Gasteiger partial charge in [0.1, 0.15) is 0 Å². The lowest BCUT2D eigenvalue weighted by molar-refractivity contribution is 0.191. The molecule has 12 heavy (non-hydrogen) atoms. The summed E-state index contributed by atoms with van der Waals surface area (Å²) < 4.78 is 4.84. The number of hydrogen-bond acceptors (Lipinski definition) is 6. The third-order valence-corrected chi connectivity index (χ3v) is 1.86. The molecular formula is C6H10N4O2. The Morgan fingerprint density at radius 2 is 2.50 bits per heavy atom. The third kappa shape index (κ3) is 1.26. The van der Waals surface area contributed by atoms with Gasteiger partial charge in [-0.2, -0.15) is 4.98 Å². The summed E-state index contributed by atoms with van der Waals surface area (Å²) in [6.45, 7) is 0.562. The highest BCUT2D eigenvalue weighted by Crippen LogP contribution is 2.21. The average molecular weight is 170 g/mol. The number of rotatable bonds is 1. The van der Waals surface area contributed by atoms with Crippen LogP contribution in [0.15, 0.2) is 4.52 Å². The molecule has 1 fully saturated rings. The zero-order valence-electron chi connectivity index (χ0n) is 6.40. The van der Waals surface area contributed by atoms with Crippen LogP contribution in [0.1, 0.15) is 18.4 Å². The van der Waals surface area contributed by atoms with Crippen LogP contribution in [-0.2, 0) is 0 Å². The molecule has 6 heteroatoms. The van der Waals surface area contributed by atoms with Gasteiger partial charge < -0.3 is 20.7 Å². The van der Waals surface area contributed by atoms with Crippen molar-refractivity contribution < 1.29 is 9.63 Å². The van der Waals surface area contributed by atoms with Gasteiger partial charge in [-0.05, 0) is 11.6 Å². The van der Waals surface area contributed by atoms with Gasteiger partial charge in [-0.1, -0.05) is 0 Å². The molecule has 1 aromatic heterocycles. The van der Waals surface area contributed by atoms with E-state index in [4.69, 9.17) is 10.3 Å². The molecule has 0 aromatic carbocycles. The van der Waals surface area contributed by atoms with Gasteiger partial charge in [-0.3, -0.25) is 0 Å². The molecule has 4 N–H and O–H groups in total. The minimum atomic E-state index is -0.330. The average Bonchev–Trinajstić information content (AvgIpc) is 2.58. The van der Waals surface area contributed by atoms with E-state index in [0.29, 0.717) is 18.9 Å². The zero-order chi connectivity index (χ0) is 8.55. The lowest BCUT2D eigenvalue weighted by Gasteiger charge is -2.00. The fraction of sp³-hybridized carbons (Fsp3) is 0.667. The van der Waals surface area contributed by atoms with Crippen LogP contribution in [-0.4, -0.2) is 27.9 Å². The van der Waals surface area contributed by atoms with Crippen molar-refractivity contribution in [2.75, 3.05) is 12.3 Å². The van der Waals surface area contributed by atoms with Crippen LogP contribution in [0, 0.1) is 0 Å². The maximum Gasteiger partial charge on any atom is 0.260 e. The number of aliphatic hydroxyl groups excluding tert-OH is 1. The number of nitrogens with one attached hydrogen (secondary N) is 1. The number of β-amino-alcohol motifs (C(OH)–C–C–N with tert-alkyl or cyclic N) is 1. The Labute approximate surface area is 68.8 Å². The third-order valence-electron chi connectivity index (χ3n) is 1.86. The molecule has 1 saturated heterocycles. The molecule has 0 spiro atoms. The van der Waals surface area contributed by atoms with Gasteiger partial charge in [-0.15, -0.1) is 0 Å². The second kappa shape index (κ2) is 2.72. The van der Waals surface area contributed by atoms with Crippen molar-refractivity contribution in [3.63, 3.8) is 0 Å². The number of nitrogen functional groups attached to an aromatic ring is 1. The summed E-state index contributed by atoms with van der Waals surface area (Å²) in [6, 6.07) is -0.0511. The van der Waals surface area contributed by atoms with Crippen LogP contribution in [0.25, 0.3) is 0 Å². The first kappa shape index (κ1) is 7.51.